The van der Waals surface area contributed by atoms with Crippen LogP contribution >= 0.6 is 0 Å². The van der Waals surface area contributed by atoms with Crippen LogP contribution in [-0.4, -0.2) is 45.1 Å². The fourth-order valence-corrected chi connectivity index (χ4v) is 3.78. The van der Waals surface area contributed by atoms with Crippen LogP contribution in [0, 0.1) is 11.6 Å². The maximum absolute atomic E-state index is 13.8. The summed E-state index contributed by atoms with van der Waals surface area (Å²) in [5.41, 5.74) is -1.27. The van der Waals surface area contributed by atoms with Gasteiger partial charge in [-0.15, -0.1) is 0 Å². The van der Waals surface area contributed by atoms with Crippen molar-refractivity contribution in [3.8, 4) is 5.75 Å². The van der Waals surface area contributed by atoms with E-state index in [1.54, 1.807) is 6.92 Å². The molecule has 29 heavy (non-hydrogen) atoms. The van der Waals surface area contributed by atoms with Crippen molar-refractivity contribution in [3.05, 3.63) is 63.1 Å². The van der Waals surface area contributed by atoms with Crippen molar-refractivity contribution in [1.82, 2.24) is 9.47 Å². The molecule has 0 bridgehead atoms. The molecule has 3 heterocycles. The van der Waals surface area contributed by atoms with E-state index in [2.05, 4.69) is 0 Å². The molecule has 7 nitrogen and oxygen atoms in total. The Morgan fingerprint density at radius 3 is 2.79 bits per heavy atom. The number of ether oxygens (including phenoxy) is 1. The Kier molecular flexibility index (Phi) is 4.70. The summed E-state index contributed by atoms with van der Waals surface area (Å²) in [6, 6.07) is 2.85. The quantitative estimate of drug-likeness (QED) is 0.786. The monoisotopic (exact) mass is 404 g/mol. The summed E-state index contributed by atoms with van der Waals surface area (Å²) in [5.74, 6) is -3.43. The number of fused-ring (bicyclic) bond motifs is 2. The van der Waals surface area contributed by atoms with Crippen LogP contribution in [0.3, 0.4) is 0 Å². The summed E-state index contributed by atoms with van der Waals surface area (Å²) in [4.78, 5) is 39.3. The summed E-state index contributed by atoms with van der Waals surface area (Å²) in [6.07, 6.45) is 0.446. The smallest absolute Gasteiger partial charge is 0.276 e. The highest BCUT2D eigenvalue weighted by molar-refractivity contribution is 6.00. The number of aromatic hydroxyl groups is 1. The van der Waals surface area contributed by atoms with Gasteiger partial charge in [0.2, 0.25) is 5.43 Å². The number of Topliss-reactive ketones (excluding diaryl/α,β-unsaturated/α-hetero) is 1. The topological polar surface area (TPSA) is 88.8 Å². The SMILES string of the molecule is CC1COC2Cn3cc(C(=O)CCc4ccc(F)cc4F)c(=O)c(O)c3C(=O)N12. The number of hydrogen-bond acceptors (Lipinski definition) is 5. The molecule has 1 N–H and O–H groups in total. The lowest BCUT2D eigenvalue weighted by atomic mass is 10.0. The Hall–Kier alpha value is -3.07. The van der Waals surface area contributed by atoms with E-state index in [1.165, 1.54) is 21.7 Å². The largest absolute Gasteiger partial charge is 0.503 e. The zero-order chi connectivity index (χ0) is 20.9. The van der Waals surface area contributed by atoms with Crippen molar-refractivity contribution < 1.29 is 28.2 Å². The number of rotatable bonds is 4. The number of pyridine rings is 1. The van der Waals surface area contributed by atoms with Crippen molar-refractivity contribution in [2.45, 2.75) is 38.6 Å². The van der Waals surface area contributed by atoms with E-state index < -0.39 is 40.7 Å². The molecule has 1 aromatic heterocycles. The predicted octanol–water partition coefficient (Wildman–Crippen LogP) is 1.85. The minimum Gasteiger partial charge on any atom is -0.503 e. The maximum Gasteiger partial charge on any atom is 0.276 e. The summed E-state index contributed by atoms with van der Waals surface area (Å²) in [7, 11) is 0. The van der Waals surface area contributed by atoms with Crippen LogP contribution in [-0.2, 0) is 17.7 Å². The molecular formula is C20H18F2N2O5. The van der Waals surface area contributed by atoms with E-state index in [-0.39, 0.29) is 42.2 Å². The molecule has 2 atom stereocenters. The number of aryl methyl sites for hydroxylation is 1. The number of halogens is 2. The number of aromatic nitrogens is 1. The lowest BCUT2D eigenvalue weighted by Gasteiger charge is -2.33. The van der Waals surface area contributed by atoms with Crippen molar-refractivity contribution in [2.75, 3.05) is 6.61 Å². The van der Waals surface area contributed by atoms with Crippen LogP contribution in [0.4, 0.5) is 8.78 Å². The Morgan fingerprint density at radius 2 is 2.07 bits per heavy atom. The van der Waals surface area contributed by atoms with Gasteiger partial charge in [0.25, 0.3) is 5.91 Å². The standard InChI is InChI=1S/C20H18F2N2O5/c1-10-9-29-16-8-23-7-13(18(26)19(27)17(23)20(28)24(10)16)15(25)5-3-11-2-4-12(21)6-14(11)22/h2,4,6-7,10,16,27H,3,5,8-9H2,1H3. The van der Waals surface area contributed by atoms with Gasteiger partial charge < -0.3 is 19.3 Å². The minimum atomic E-state index is -0.944. The summed E-state index contributed by atoms with van der Waals surface area (Å²) < 4.78 is 33.7. The van der Waals surface area contributed by atoms with Crippen LogP contribution in [0.1, 0.15) is 39.8 Å². The highest BCUT2D eigenvalue weighted by Crippen LogP contribution is 2.29. The zero-order valence-corrected chi connectivity index (χ0v) is 15.5. The van der Waals surface area contributed by atoms with Gasteiger partial charge in [-0.3, -0.25) is 14.4 Å². The van der Waals surface area contributed by atoms with Crippen LogP contribution in [0.15, 0.2) is 29.2 Å². The first-order valence-corrected chi connectivity index (χ1v) is 9.15. The Labute approximate surface area is 164 Å². The van der Waals surface area contributed by atoms with Gasteiger partial charge in [0.1, 0.15) is 11.6 Å². The third-order valence-electron chi connectivity index (χ3n) is 5.30. The van der Waals surface area contributed by atoms with Crippen LogP contribution in [0.2, 0.25) is 0 Å². The lowest BCUT2D eigenvalue weighted by molar-refractivity contribution is 0.00625. The summed E-state index contributed by atoms with van der Waals surface area (Å²) in [6.45, 7) is 2.31. The molecule has 2 aliphatic rings. The highest BCUT2D eigenvalue weighted by Gasteiger charge is 2.42. The number of hydrogen-bond donors (Lipinski definition) is 1. The van der Waals surface area contributed by atoms with Crippen LogP contribution in [0.25, 0.3) is 0 Å². The molecule has 4 rings (SSSR count). The molecule has 2 aromatic rings. The fourth-order valence-electron chi connectivity index (χ4n) is 3.78. The first-order valence-electron chi connectivity index (χ1n) is 9.15. The highest BCUT2D eigenvalue weighted by atomic mass is 19.1. The van der Waals surface area contributed by atoms with Gasteiger partial charge in [-0.1, -0.05) is 6.07 Å². The molecule has 1 aromatic carbocycles. The van der Waals surface area contributed by atoms with Gasteiger partial charge in [-0.25, -0.2) is 8.78 Å². The number of amides is 1. The molecule has 1 fully saturated rings. The minimum absolute atomic E-state index is 0.0388. The molecule has 0 radical (unpaired) electrons. The molecule has 2 unspecified atom stereocenters. The molecule has 2 aliphatic heterocycles. The van der Waals surface area contributed by atoms with E-state index in [0.29, 0.717) is 6.61 Å². The van der Waals surface area contributed by atoms with Gasteiger partial charge in [0.05, 0.1) is 24.8 Å². The van der Waals surface area contributed by atoms with E-state index in [1.807, 2.05) is 0 Å². The molecule has 0 aliphatic carbocycles. The van der Waals surface area contributed by atoms with Gasteiger partial charge in [0.15, 0.2) is 23.5 Å². The van der Waals surface area contributed by atoms with Gasteiger partial charge in [-0.05, 0) is 25.0 Å². The van der Waals surface area contributed by atoms with Crippen LogP contribution in [0.5, 0.6) is 5.75 Å². The first kappa shape index (κ1) is 19.3. The maximum atomic E-state index is 13.8. The lowest BCUT2D eigenvalue weighted by Crippen LogP contribution is -2.48. The summed E-state index contributed by atoms with van der Waals surface area (Å²) >= 11 is 0. The predicted molar refractivity (Wildman–Crippen MR) is 96.7 cm³/mol. The number of carbonyl (C=O) groups is 2. The molecule has 1 amide bonds. The van der Waals surface area contributed by atoms with E-state index in [4.69, 9.17) is 4.74 Å². The molecule has 152 valence electrons. The third-order valence-corrected chi connectivity index (χ3v) is 5.30. The third kappa shape index (κ3) is 3.21. The Balaban J connectivity index is 1.62. The Bertz CT molecular complexity index is 1080. The number of nitrogens with zero attached hydrogens (tertiary/aromatic N) is 2. The second-order valence-corrected chi connectivity index (χ2v) is 7.23. The van der Waals surface area contributed by atoms with Crippen molar-refractivity contribution in [3.63, 3.8) is 0 Å². The van der Waals surface area contributed by atoms with E-state index >= 15 is 0 Å². The molecule has 0 spiro atoms. The fraction of sp³-hybridized carbons (Fsp3) is 0.350. The zero-order valence-electron chi connectivity index (χ0n) is 15.5. The first-order chi connectivity index (χ1) is 13.8. The van der Waals surface area contributed by atoms with Crippen molar-refractivity contribution in [2.24, 2.45) is 0 Å². The average Bonchev–Trinajstić information content (AvgIpc) is 3.04. The Morgan fingerprint density at radius 1 is 1.31 bits per heavy atom. The van der Waals surface area contributed by atoms with Gasteiger partial charge >= 0.3 is 0 Å². The van der Waals surface area contributed by atoms with E-state index in [9.17, 15) is 28.3 Å². The van der Waals surface area contributed by atoms with E-state index in [0.717, 1.165) is 12.1 Å². The molecule has 9 heteroatoms. The number of ketones is 1. The summed E-state index contributed by atoms with van der Waals surface area (Å²) in [5, 5.41) is 10.3. The molecule has 0 saturated carbocycles. The van der Waals surface area contributed by atoms with Crippen molar-refractivity contribution in [1.29, 1.82) is 0 Å². The van der Waals surface area contributed by atoms with Crippen LogP contribution < -0.4 is 5.43 Å². The molecule has 1 saturated heterocycles. The number of carbonyl (C=O) groups excluding carboxylic acids is 2. The molecular weight excluding hydrogens is 386 g/mol. The second kappa shape index (κ2) is 7.07. The number of benzene rings is 1. The van der Waals surface area contributed by atoms with Crippen molar-refractivity contribution >= 4 is 11.7 Å². The van der Waals surface area contributed by atoms with Gasteiger partial charge in [0, 0.05) is 18.7 Å². The van der Waals surface area contributed by atoms with Gasteiger partial charge in [-0.2, -0.15) is 0 Å². The normalized spacial score (nSPS) is 20.5. The second-order valence-electron chi connectivity index (χ2n) is 7.23. The average molecular weight is 404 g/mol.